The van der Waals surface area contributed by atoms with Crippen LogP contribution in [0.5, 0.6) is 0 Å². The van der Waals surface area contributed by atoms with Gasteiger partial charge in [0.1, 0.15) is 0 Å². The lowest BCUT2D eigenvalue weighted by molar-refractivity contribution is 0.0945. The second kappa shape index (κ2) is 5.22. The first-order chi connectivity index (χ1) is 8.04. The number of likely N-dealkylation sites (tertiary alicyclic amines) is 1. The van der Waals surface area contributed by atoms with E-state index in [0.717, 1.165) is 19.3 Å². The Balaban J connectivity index is 1.90. The van der Waals surface area contributed by atoms with Crippen LogP contribution >= 0.6 is 0 Å². The summed E-state index contributed by atoms with van der Waals surface area (Å²) in [5.74, 6) is 0. The third-order valence-electron chi connectivity index (χ3n) is 4.68. The van der Waals surface area contributed by atoms with Crippen LogP contribution in [0, 0.1) is 0 Å². The zero-order valence-electron chi connectivity index (χ0n) is 11.2. The first kappa shape index (κ1) is 13.3. The van der Waals surface area contributed by atoms with E-state index in [-0.39, 0.29) is 12.1 Å². The minimum absolute atomic E-state index is 0.127. The van der Waals surface area contributed by atoms with E-state index < -0.39 is 0 Å². The van der Waals surface area contributed by atoms with Gasteiger partial charge < -0.3 is 15.7 Å². The van der Waals surface area contributed by atoms with Crippen molar-refractivity contribution in [3.05, 3.63) is 0 Å². The Bertz CT molecular complexity index is 261. The summed E-state index contributed by atoms with van der Waals surface area (Å²) in [7, 11) is 4.44. The number of hydrogen-bond acceptors (Lipinski definition) is 4. The zero-order chi connectivity index (χ0) is 12.5. The normalized spacial score (nSPS) is 40.1. The fourth-order valence-electron chi connectivity index (χ4n) is 3.39. The topological polar surface area (TPSA) is 52.7 Å². The van der Waals surface area contributed by atoms with Crippen molar-refractivity contribution in [2.45, 2.75) is 49.7 Å². The van der Waals surface area contributed by atoms with Gasteiger partial charge >= 0.3 is 0 Å². The first-order valence-corrected chi connectivity index (χ1v) is 6.84. The van der Waals surface area contributed by atoms with Crippen molar-refractivity contribution < 1.29 is 5.11 Å². The van der Waals surface area contributed by atoms with Crippen molar-refractivity contribution in [3.8, 4) is 0 Å². The van der Waals surface area contributed by atoms with Gasteiger partial charge in [-0.05, 0) is 52.7 Å². The lowest BCUT2D eigenvalue weighted by atomic mass is 9.99. The summed E-state index contributed by atoms with van der Waals surface area (Å²) >= 11 is 0. The molecule has 3 unspecified atom stereocenters. The van der Waals surface area contributed by atoms with Crippen molar-refractivity contribution in [2.24, 2.45) is 5.73 Å². The average molecular weight is 241 g/mol. The highest BCUT2D eigenvalue weighted by Gasteiger charge is 2.38. The van der Waals surface area contributed by atoms with Crippen LogP contribution in [0.15, 0.2) is 0 Å². The van der Waals surface area contributed by atoms with Crippen molar-refractivity contribution >= 4 is 0 Å². The molecule has 2 fully saturated rings. The Hall–Kier alpha value is -0.160. The molecule has 1 aliphatic carbocycles. The molecule has 0 aromatic heterocycles. The molecule has 2 aliphatic rings. The summed E-state index contributed by atoms with van der Waals surface area (Å²) in [6.45, 7) is 2.53. The molecule has 3 N–H and O–H groups in total. The zero-order valence-corrected chi connectivity index (χ0v) is 11.2. The maximum atomic E-state index is 9.33. The number of rotatable bonds is 3. The Morgan fingerprint density at radius 1 is 1.41 bits per heavy atom. The number of nitrogens with two attached hydrogens (primary N) is 1. The number of likely N-dealkylation sites (N-methyl/N-ethyl adjacent to an activating group) is 2. The minimum Gasteiger partial charge on any atom is -0.394 e. The molecule has 3 atom stereocenters. The van der Waals surface area contributed by atoms with Crippen LogP contribution in [0.1, 0.15) is 32.1 Å². The highest BCUT2D eigenvalue weighted by Crippen LogP contribution is 2.32. The molecule has 1 saturated heterocycles. The Morgan fingerprint density at radius 2 is 2.18 bits per heavy atom. The Morgan fingerprint density at radius 3 is 2.76 bits per heavy atom. The average Bonchev–Trinajstić information content (AvgIpc) is 2.72. The second-order valence-corrected chi connectivity index (χ2v) is 6.14. The summed E-state index contributed by atoms with van der Waals surface area (Å²) in [6.07, 6.45) is 5.63. The van der Waals surface area contributed by atoms with E-state index in [1.54, 1.807) is 0 Å². The van der Waals surface area contributed by atoms with Crippen LogP contribution in [0.4, 0.5) is 0 Å². The van der Waals surface area contributed by atoms with Gasteiger partial charge in [0.15, 0.2) is 0 Å². The number of hydrogen-bond donors (Lipinski definition) is 2. The summed E-state index contributed by atoms with van der Waals surface area (Å²) in [6, 6.07) is 1.23. The third kappa shape index (κ3) is 2.99. The van der Waals surface area contributed by atoms with Crippen LogP contribution in [0.3, 0.4) is 0 Å². The maximum Gasteiger partial charge on any atom is 0.0611 e. The number of aliphatic hydroxyl groups excluding tert-OH is 1. The van der Waals surface area contributed by atoms with Crippen LogP contribution < -0.4 is 5.73 Å². The lowest BCUT2D eigenvalue weighted by Crippen LogP contribution is -2.49. The van der Waals surface area contributed by atoms with Crippen LogP contribution in [-0.2, 0) is 0 Å². The predicted molar refractivity (Wildman–Crippen MR) is 69.9 cm³/mol. The molecule has 0 aromatic carbocycles. The van der Waals surface area contributed by atoms with Gasteiger partial charge in [0.2, 0.25) is 0 Å². The fourth-order valence-corrected chi connectivity index (χ4v) is 3.39. The molecule has 0 spiro atoms. The summed E-state index contributed by atoms with van der Waals surface area (Å²) in [5.41, 5.74) is 5.84. The SMILES string of the molecule is CN1CCCC(N(C)C2CCC(N)(CO)C2)C1. The van der Waals surface area contributed by atoms with Crippen LogP contribution in [0.2, 0.25) is 0 Å². The molecule has 0 radical (unpaired) electrons. The highest BCUT2D eigenvalue weighted by atomic mass is 16.3. The van der Waals surface area contributed by atoms with Crippen molar-refractivity contribution in [3.63, 3.8) is 0 Å². The monoisotopic (exact) mass is 241 g/mol. The van der Waals surface area contributed by atoms with Crippen molar-refractivity contribution in [2.75, 3.05) is 33.8 Å². The molecule has 100 valence electrons. The van der Waals surface area contributed by atoms with Crippen molar-refractivity contribution in [1.29, 1.82) is 0 Å². The largest absolute Gasteiger partial charge is 0.394 e. The van der Waals surface area contributed by atoms with Gasteiger partial charge in [0.25, 0.3) is 0 Å². The van der Waals surface area contributed by atoms with Gasteiger partial charge in [0, 0.05) is 24.2 Å². The van der Waals surface area contributed by atoms with Crippen LogP contribution in [0.25, 0.3) is 0 Å². The first-order valence-electron chi connectivity index (χ1n) is 6.84. The van der Waals surface area contributed by atoms with E-state index in [9.17, 15) is 5.11 Å². The van der Waals surface area contributed by atoms with Gasteiger partial charge in [-0.15, -0.1) is 0 Å². The molecule has 17 heavy (non-hydrogen) atoms. The number of nitrogens with zero attached hydrogens (tertiary/aromatic N) is 2. The van der Waals surface area contributed by atoms with E-state index in [2.05, 4.69) is 23.9 Å². The number of aliphatic hydroxyl groups is 1. The van der Waals surface area contributed by atoms with Crippen LogP contribution in [-0.4, -0.2) is 66.3 Å². The Kier molecular flexibility index (Phi) is 4.08. The van der Waals surface area contributed by atoms with Gasteiger partial charge in [0.05, 0.1) is 6.61 Å². The summed E-state index contributed by atoms with van der Waals surface area (Å²) < 4.78 is 0. The molecule has 0 bridgehead atoms. The van der Waals surface area contributed by atoms with E-state index in [0.29, 0.717) is 12.1 Å². The predicted octanol–water partition coefficient (Wildman–Crippen LogP) is 0.255. The molecular formula is C13H27N3O. The molecule has 0 amide bonds. The molecule has 1 aliphatic heterocycles. The second-order valence-electron chi connectivity index (χ2n) is 6.14. The van der Waals surface area contributed by atoms with E-state index in [1.165, 1.54) is 25.9 Å². The van der Waals surface area contributed by atoms with E-state index in [1.807, 2.05) is 0 Å². The van der Waals surface area contributed by atoms with E-state index >= 15 is 0 Å². The molecular weight excluding hydrogens is 214 g/mol. The molecule has 0 aromatic rings. The van der Waals surface area contributed by atoms with Gasteiger partial charge in [-0.1, -0.05) is 0 Å². The fraction of sp³-hybridized carbons (Fsp3) is 1.00. The van der Waals surface area contributed by atoms with Gasteiger partial charge in [-0.25, -0.2) is 0 Å². The molecule has 1 heterocycles. The molecule has 4 heteroatoms. The standard InChI is InChI=1S/C13H27N3O/c1-15-7-3-4-12(9-15)16(2)11-5-6-13(14,8-11)10-17/h11-12,17H,3-10,14H2,1-2H3. The quantitative estimate of drug-likeness (QED) is 0.744. The smallest absolute Gasteiger partial charge is 0.0611 e. The third-order valence-corrected chi connectivity index (χ3v) is 4.68. The number of piperidine rings is 1. The maximum absolute atomic E-state index is 9.33. The van der Waals surface area contributed by atoms with Crippen molar-refractivity contribution in [1.82, 2.24) is 9.80 Å². The molecule has 2 rings (SSSR count). The Labute approximate surface area is 105 Å². The molecule has 1 saturated carbocycles. The summed E-state index contributed by atoms with van der Waals surface area (Å²) in [4.78, 5) is 4.93. The summed E-state index contributed by atoms with van der Waals surface area (Å²) in [5, 5.41) is 9.33. The molecule has 4 nitrogen and oxygen atoms in total. The minimum atomic E-state index is -0.320. The highest BCUT2D eigenvalue weighted by molar-refractivity contribution is 4.98. The van der Waals surface area contributed by atoms with Gasteiger partial charge in [-0.2, -0.15) is 0 Å². The van der Waals surface area contributed by atoms with E-state index in [4.69, 9.17) is 5.73 Å². The van der Waals surface area contributed by atoms with Gasteiger partial charge in [-0.3, -0.25) is 4.90 Å². The lowest BCUT2D eigenvalue weighted by Gasteiger charge is -2.39.